The van der Waals surface area contributed by atoms with Crippen LogP contribution in [0.3, 0.4) is 0 Å². The number of carbonyl (C=O) groups excluding carboxylic acids is 2. The summed E-state index contributed by atoms with van der Waals surface area (Å²) in [5.41, 5.74) is 0.322. The van der Waals surface area contributed by atoms with Gasteiger partial charge in [0.15, 0.2) is 11.6 Å². The fourth-order valence-corrected chi connectivity index (χ4v) is 5.38. The Hall–Kier alpha value is -2.15. The first-order valence-electron chi connectivity index (χ1n) is 10.1. The van der Waals surface area contributed by atoms with Gasteiger partial charge in [0.25, 0.3) is 5.91 Å². The summed E-state index contributed by atoms with van der Waals surface area (Å²) in [6, 6.07) is 4.59. The van der Waals surface area contributed by atoms with E-state index in [1.807, 2.05) is 0 Å². The van der Waals surface area contributed by atoms with E-state index in [0.29, 0.717) is 43.7 Å². The molecule has 0 aromatic heterocycles. The van der Waals surface area contributed by atoms with Gasteiger partial charge >= 0.3 is 0 Å². The first kappa shape index (κ1) is 17.9. The lowest BCUT2D eigenvalue weighted by molar-refractivity contribution is -0.136. The zero-order valence-corrected chi connectivity index (χ0v) is 16.0. The first-order chi connectivity index (χ1) is 13.6. The number of benzene rings is 1. The Kier molecular flexibility index (Phi) is 4.30. The maximum atomic E-state index is 14.0. The second-order valence-corrected chi connectivity index (χ2v) is 8.41. The van der Waals surface area contributed by atoms with E-state index in [4.69, 9.17) is 9.47 Å². The summed E-state index contributed by atoms with van der Waals surface area (Å²) in [7, 11) is 1.40. The Bertz CT molecular complexity index is 806. The van der Waals surface area contributed by atoms with Crippen LogP contribution >= 0.6 is 0 Å². The van der Waals surface area contributed by atoms with Crippen LogP contribution in [0.15, 0.2) is 18.2 Å². The van der Waals surface area contributed by atoms with E-state index in [9.17, 15) is 14.0 Å². The minimum Gasteiger partial charge on any atom is -0.494 e. The molecule has 4 fully saturated rings. The second kappa shape index (κ2) is 6.72. The predicted molar refractivity (Wildman–Crippen MR) is 98.4 cm³/mol. The highest BCUT2D eigenvalue weighted by Gasteiger charge is 2.60. The molecule has 0 radical (unpaired) electrons. The summed E-state index contributed by atoms with van der Waals surface area (Å²) < 4.78 is 24.4. The Morgan fingerprint density at radius 1 is 1.14 bits per heavy atom. The summed E-state index contributed by atoms with van der Waals surface area (Å²) in [6.07, 6.45) is 2.72. The van der Waals surface area contributed by atoms with Crippen molar-refractivity contribution in [2.45, 2.75) is 31.3 Å². The number of hydrogen-bond acceptors (Lipinski definition) is 4. The van der Waals surface area contributed by atoms with Crippen LogP contribution in [0.1, 0.15) is 29.6 Å². The number of methoxy groups -OCH3 is 1. The number of halogens is 1. The lowest BCUT2D eigenvalue weighted by Crippen LogP contribution is -2.45. The van der Waals surface area contributed by atoms with E-state index in [1.54, 1.807) is 11.0 Å². The summed E-state index contributed by atoms with van der Waals surface area (Å²) in [5, 5.41) is 0. The maximum absolute atomic E-state index is 14.0. The average molecular weight is 388 g/mol. The quantitative estimate of drug-likeness (QED) is 0.794. The van der Waals surface area contributed by atoms with E-state index in [0.717, 1.165) is 19.3 Å². The zero-order chi connectivity index (χ0) is 19.4. The van der Waals surface area contributed by atoms with Crippen LogP contribution in [-0.4, -0.2) is 67.1 Å². The molecule has 7 heteroatoms. The van der Waals surface area contributed by atoms with Gasteiger partial charge in [0.2, 0.25) is 5.91 Å². The molecule has 3 saturated heterocycles. The van der Waals surface area contributed by atoms with E-state index in [1.165, 1.54) is 19.2 Å². The number of carbonyl (C=O) groups is 2. The van der Waals surface area contributed by atoms with Crippen molar-refractivity contribution < 1.29 is 23.5 Å². The van der Waals surface area contributed by atoms with Crippen molar-refractivity contribution in [3.63, 3.8) is 0 Å². The molecule has 0 spiro atoms. The normalized spacial score (nSPS) is 33.4. The molecule has 5 rings (SSSR count). The fraction of sp³-hybridized carbons (Fsp3) is 0.619. The maximum Gasteiger partial charge on any atom is 0.254 e. The third-order valence-corrected chi connectivity index (χ3v) is 6.96. The molecule has 5 atom stereocenters. The van der Waals surface area contributed by atoms with Crippen LogP contribution in [0.25, 0.3) is 0 Å². The molecule has 3 heterocycles. The molecule has 2 amide bonds. The highest BCUT2D eigenvalue weighted by Crippen LogP contribution is 2.52. The van der Waals surface area contributed by atoms with Gasteiger partial charge in [-0.3, -0.25) is 9.59 Å². The van der Waals surface area contributed by atoms with E-state index >= 15 is 0 Å². The van der Waals surface area contributed by atoms with Crippen LogP contribution in [0.2, 0.25) is 0 Å². The lowest BCUT2D eigenvalue weighted by Gasteiger charge is -2.29. The smallest absolute Gasteiger partial charge is 0.254 e. The minimum absolute atomic E-state index is 0.0642. The topological polar surface area (TPSA) is 59.1 Å². The first-order valence-corrected chi connectivity index (χ1v) is 10.1. The number of ether oxygens (including phenoxy) is 2. The van der Waals surface area contributed by atoms with Gasteiger partial charge < -0.3 is 19.3 Å². The third kappa shape index (κ3) is 2.79. The van der Waals surface area contributed by atoms with Gasteiger partial charge in [-0.15, -0.1) is 0 Å². The molecule has 150 valence electrons. The highest BCUT2D eigenvalue weighted by atomic mass is 19.1. The summed E-state index contributed by atoms with van der Waals surface area (Å²) in [5.74, 6) is 0.583. The number of hydrogen-bond donors (Lipinski definition) is 0. The molecule has 4 aliphatic rings. The molecule has 3 unspecified atom stereocenters. The van der Waals surface area contributed by atoms with Crippen LogP contribution in [-0.2, 0) is 9.53 Å². The van der Waals surface area contributed by atoms with Crippen molar-refractivity contribution in [3.8, 4) is 5.75 Å². The molecule has 1 aliphatic carbocycles. The monoisotopic (exact) mass is 388 g/mol. The van der Waals surface area contributed by atoms with Gasteiger partial charge in [0.05, 0.1) is 20.3 Å². The van der Waals surface area contributed by atoms with Gasteiger partial charge in [-0.25, -0.2) is 4.39 Å². The number of likely N-dealkylation sites (tertiary alicyclic amines) is 1. The largest absolute Gasteiger partial charge is 0.494 e. The van der Waals surface area contributed by atoms with Crippen molar-refractivity contribution in [3.05, 3.63) is 29.6 Å². The standard InChI is InChI=1S/C21H25FN2O4/c1-27-18-5-2-12(8-17(18)22)20(25)23-7-6-13-3-4-14(9-23)24(13)21(26)19-15-10-28-11-16(15)19/h2,5,8,13-16,19H,3-4,6-7,9-11H2,1H3/t13?,14?,15-,16+,19?. The van der Waals surface area contributed by atoms with E-state index < -0.39 is 5.82 Å². The molecular formula is C21H25FN2O4. The van der Waals surface area contributed by atoms with Crippen molar-refractivity contribution in [2.24, 2.45) is 17.8 Å². The van der Waals surface area contributed by atoms with Gasteiger partial charge in [-0.2, -0.15) is 0 Å². The molecule has 2 bridgehead atoms. The summed E-state index contributed by atoms with van der Waals surface area (Å²) >= 11 is 0. The predicted octanol–water partition coefficient (Wildman–Crippen LogP) is 1.93. The van der Waals surface area contributed by atoms with Crippen molar-refractivity contribution in [1.82, 2.24) is 9.80 Å². The van der Waals surface area contributed by atoms with Crippen molar-refractivity contribution >= 4 is 11.8 Å². The molecule has 28 heavy (non-hydrogen) atoms. The number of fused-ring (bicyclic) bond motifs is 3. The molecule has 1 aromatic rings. The Balaban J connectivity index is 1.31. The van der Waals surface area contributed by atoms with Crippen LogP contribution in [0.4, 0.5) is 4.39 Å². The van der Waals surface area contributed by atoms with Gasteiger partial charge in [0.1, 0.15) is 0 Å². The molecular weight excluding hydrogens is 363 g/mol. The molecule has 1 saturated carbocycles. The van der Waals surface area contributed by atoms with Gasteiger partial charge in [-0.1, -0.05) is 0 Å². The second-order valence-electron chi connectivity index (χ2n) is 8.41. The van der Waals surface area contributed by atoms with E-state index in [-0.39, 0.29) is 35.6 Å². The Labute approximate surface area is 163 Å². The number of amides is 2. The number of rotatable bonds is 3. The SMILES string of the molecule is COc1ccc(C(=O)N2CCC3CCC(C2)N3C(=O)C2[C@H]3COC[C@@H]23)cc1F. The summed E-state index contributed by atoms with van der Waals surface area (Å²) in [4.78, 5) is 30.0. The van der Waals surface area contributed by atoms with Gasteiger partial charge in [0, 0.05) is 36.7 Å². The third-order valence-electron chi connectivity index (χ3n) is 6.96. The molecule has 6 nitrogen and oxygen atoms in total. The molecule has 1 aromatic carbocycles. The van der Waals surface area contributed by atoms with Crippen LogP contribution < -0.4 is 4.74 Å². The van der Waals surface area contributed by atoms with Crippen molar-refractivity contribution in [1.29, 1.82) is 0 Å². The van der Waals surface area contributed by atoms with E-state index in [2.05, 4.69) is 4.90 Å². The molecule has 0 N–H and O–H groups in total. The summed E-state index contributed by atoms with van der Waals surface area (Å²) in [6.45, 7) is 2.53. The zero-order valence-electron chi connectivity index (χ0n) is 16.0. The molecule has 3 aliphatic heterocycles. The Morgan fingerprint density at radius 2 is 1.89 bits per heavy atom. The van der Waals surface area contributed by atoms with Crippen molar-refractivity contribution in [2.75, 3.05) is 33.4 Å². The lowest BCUT2D eigenvalue weighted by atomic mass is 10.1. The van der Waals surface area contributed by atoms with Crippen LogP contribution in [0.5, 0.6) is 5.75 Å². The average Bonchev–Trinajstić information content (AvgIpc) is 3.00. The number of nitrogens with zero attached hydrogens (tertiary/aromatic N) is 2. The van der Waals surface area contributed by atoms with Gasteiger partial charge in [-0.05, 0) is 49.3 Å². The van der Waals surface area contributed by atoms with Crippen LogP contribution in [0, 0.1) is 23.6 Å². The fourth-order valence-electron chi connectivity index (χ4n) is 5.38. The highest BCUT2D eigenvalue weighted by molar-refractivity contribution is 5.94. The minimum atomic E-state index is -0.538. The Morgan fingerprint density at radius 3 is 2.61 bits per heavy atom.